The number of aryl methyl sites for hydroxylation is 1. The summed E-state index contributed by atoms with van der Waals surface area (Å²) in [6, 6.07) is 7.69. The van der Waals surface area contributed by atoms with Gasteiger partial charge in [0.25, 0.3) is 0 Å². The van der Waals surface area contributed by atoms with Gasteiger partial charge in [-0.1, -0.05) is 23.4 Å². The van der Waals surface area contributed by atoms with Crippen molar-refractivity contribution in [1.29, 1.82) is 0 Å². The number of hydrogen-bond donors (Lipinski definition) is 1. The van der Waals surface area contributed by atoms with Crippen molar-refractivity contribution < 1.29 is 13.9 Å². The van der Waals surface area contributed by atoms with Crippen molar-refractivity contribution in [2.45, 2.75) is 24.3 Å². The molecule has 8 heteroatoms. The molecule has 0 saturated heterocycles. The van der Waals surface area contributed by atoms with Crippen LogP contribution >= 0.6 is 23.4 Å². The van der Waals surface area contributed by atoms with Gasteiger partial charge >= 0.3 is 0 Å². The number of fused-ring (bicyclic) bond motifs is 1. The van der Waals surface area contributed by atoms with Gasteiger partial charge in [-0.3, -0.25) is 5.10 Å². The Labute approximate surface area is 165 Å². The number of nitrogens with zero attached hydrogens (tertiary/aromatic N) is 2. The van der Waals surface area contributed by atoms with Gasteiger partial charge in [0.15, 0.2) is 11.5 Å². The molecule has 0 atom stereocenters. The van der Waals surface area contributed by atoms with E-state index >= 15 is 0 Å². The second-order valence-corrected chi connectivity index (χ2v) is 7.38. The van der Waals surface area contributed by atoms with Crippen molar-refractivity contribution in [3.05, 3.63) is 52.2 Å². The highest BCUT2D eigenvalue weighted by Crippen LogP contribution is 2.39. The molecule has 0 spiro atoms. The molecule has 6 nitrogen and oxygen atoms in total. The molecule has 1 aliphatic rings. The van der Waals surface area contributed by atoms with Crippen LogP contribution in [0.5, 0.6) is 11.5 Å². The van der Waals surface area contributed by atoms with Gasteiger partial charge in [-0.15, -0.1) is 5.10 Å². The average molecular weight is 404 g/mol. The quantitative estimate of drug-likeness (QED) is 0.605. The van der Waals surface area contributed by atoms with E-state index in [0.717, 1.165) is 23.5 Å². The summed E-state index contributed by atoms with van der Waals surface area (Å²) < 4.78 is 16.9. The summed E-state index contributed by atoms with van der Waals surface area (Å²) >= 11 is 7.86. The number of aromatic nitrogens is 3. The summed E-state index contributed by atoms with van der Waals surface area (Å²) in [4.78, 5) is 4.45. The topological polar surface area (TPSA) is 73.2 Å². The van der Waals surface area contributed by atoms with Gasteiger partial charge in [-0.25, -0.2) is 4.98 Å². The first-order valence-corrected chi connectivity index (χ1v) is 9.91. The molecule has 0 bridgehead atoms. The number of ether oxygens (including phenoxy) is 2. The van der Waals surface area contributed by atoms with Gasteiger partial charge in [-0.05, 0) is 48.9 Å². The van der Waals surface area contributed by atoms with Crippen molar-refractivity contribution >= 4 is 35.5 Å². The standard InChI is InChI=1S/C19H18ClN3O3S/c1-12-3-4-14(26-12)5-6-17-21-19(23-22-17)27-11-13-9-15(20)18-16(10-13)24-7-2-8-25-18/h3-6,9-10H,2,7-8,11H2,1H3,(H,21,22,23)/b6-5+. The summed E-state index contributed by atoms with van der Waals surface area (Å²) in [6.07, 6.45) is 4.53. The van der Waals surface area contributed by atoms with Gasteiger partial charge in [0.2, 0.25) is 5.16 Å². The Bertz CT molecular complexity index is 967. The lowest BCUT2D eigenvalue weighted by Crippen LogP contribution is -1.97. The molecular weight excluding hydrogens is 386 g/mol. The lowest BCUT2D eigenvalue weighted by atomic mass is 10.2. The van der Waals surface area contributed by atoms with Gasteiger partial charge in [-0.2, -0.15) is 0 Å². The molecule has 2 aromatic heterocycles. The summed E-state index contributed by atoms with van der Waals surface area (Å²) in [7, 11) is 0. The first kappa shape index (κ1) is 18.0. The van der Waals surface area contributed by atoms with E-state index in [2.05, 4.69) is 15.2 Å². The minimum atomic E-state index is 0.567. The summed E-state index contributed by atoms with van der Waals surface area (Å²) in [5.74, 6) is 4.32. The van der Waals surface area contributed by atoms with Crippen molar-refractivity contribution in [3.8, 4) is 11.5 Å². The maximum atomic E-state index is 6.34. The van der Waals surface area contributed by atoms with Crippen LogP contribution in [0, 0.1) is 6.92 Å². The van der Waals surface area contributed by atoms with E-state index in [1.165, 1.54) is 11.8 Å². The zero-order chi connectivity index (χ0) is 18.6. The molecule has 0 aliphatic carbocycles. The molecule has 1 N–H and O–H groups in total. The predicted octanol–water partition coefficient (Wildman–Crippen LogP) is 4.98. The zero-order valence-electron chi connectivity index (χ0n) is 14.7. The number of hydrogen-bond acceptors (Lipinski definition) is 6. The van der Waals surface area contributed by atoms with Gasteiger partial charge in [0.05, 0.1) is 18.2 Å². The fourth-order valence-corrected chi connectivity index (χ4v) is 3.64. The first-order valence-electron chi connectivity index (χ1n) is 8.55. The number of H-pyrrole nitrogens is 1. The van der Waals surface area contributed by atoms with Crippen molar-refractivity contribution in [2.24, 2.45) is 0 Å². The van der Waals surface area contributed by atoms with E-state index in [1.807, 2.05) is 43.3 Å². The average Bonchev–Trinajstić information content (AvgIpc) is 3.21. The molecular formula is C19H18ClN3O3S. The largest absolute Gasteiger partial charge is 0.489 e. The molecule has 0 radical (unpaired) electrons. The van der Waals surface area contributed by atoms with E-state index in [1.54, 1.807) is 0 Å². The van der Waals surface area contributed by atoms with Gasteiger partial charge < -0.3 is 13.9 Å². The van der Waals surface area contributed by atoms with Crippen LogP contribution in [0.25, 0.3) is 12.2 Å². The number of nitrogens with one attached hydrogen (secondary N) is 1. The van der Waals surface area contributed by atoms with E-state index in [0.29, 0.717) is 46.5 Å². The Morgan fingerprint density at radius 3 is 2.96 bits per heavy atom. The van der Waals surface area contributed by atoms with Crippen LogP contribution in [0.2, 0.25) is 5.02 Å². The second kappa shape index (κ2) is 8.10. The van der Waals surface area contributed by atoms with E-state index in [4.69, 9.17) is 25.5 Å². The fraction of sp³-hybridized carbons (Fsp3) is 0.263. The lowest BCUT2D eigenvalue weighted by Gasteiger charge is -2.11. The van der Waals surface area contributed by atoms with E-state index in [9.17, 15) is 0 Å². The van der Waals surface area contributed by atoms with Crippen LogP contribution in [0.4, 0.5) is 0 Å². The highest BCUT2D eigenvalue weighted by molar-refractivity contribution is 7.98. The molecule has 27 heavy (non-hydrogen) atoms. The number of halogens is 1. The minimum absolute atomic E-state index is 0.567. The van der Waals surface area contributed by atoms with Crippen LogP contribution < -0.4 is 9.47 Å². The van der Waals surface area contributed by atoms with Crippen LogP contribution in [-0.2, 0) is 5.75 Å². The number of thioether (sulfide) groups is 1. The Morgan fingerprint density at radius 1 is 1.22 bits per heavy atom. The smallest absolute Gasteiger partial charge is 0.209 e. The Balaban J connectivity index is 1.41. The molecule has 1 aromatic carbocycles. The van der Waals surface area contributed by atoms with Crippen LogP contribution in [0.1, 0.15) is 29.3 Å². The first-order chi connectivity index (χ1) is 13.2. The summed E-state index contributed by atoms with van der Waals surface area (Å²) in [5, 5.41) is 8.36. The van der Waals surface area contributed by atoms with Crippen LogP contribution in [0.15, 0.2) is 33.8 Å². The van der Waals surface area contributed by atoms with Gasteiger partial charge in [0, 0.05) is 12.2 Å². The third-order valence-electron chi connectivity index (χ3n) is 3.88. The minimum Gasteiger partial charge on any atom is -0.489 e. The third kappa shape index (κ3) is 4.48. The maximum Gasteiger partial charge on any atom is 0.209 e. The summed E-state index contributed by atoms with van der Waals surface area (Å²) in [5.41, 5.74) is 1.03. The molecule has 3 aromatic rings. The normalized spacial score (nSPS) is 13.9. The maximum absolute atomic E-state index is 6.34. The van der Waals surface area contributed by atoms with Crippen molar-refractivity contribution in [1.82, 2.24) is 15.2 Å². The number of aromatic amines is 1. The second-order valence-electron chi connectivity index (χ2n) is 6.03. The Morgan fingerprint density at radius 2 is 2.11 bits per heavy atom. The predicted molar refractivity (Wildman–Crippen MR) is 105 cm³/mol. The molecule has 1 aliphatic heterocycles. The highest BCUT2D eigenvalue weighted by atomic mass is 35.5. The number of furan rings is 1. The van der Waals surface area contributed by atoms with E-state index in [-0.39, 0.29) is 0 Å². The molecule has 0 amide bonds. The Kier molecular flexibility index (Phi) is 5.40. The molecule has 0 unspecified atom stereocenters. The van der Waals surface area contributed by atoms with E-state index < -0.39 is 0 Å². The molecule has 4 rings (SSSR count). The Hall–Kier alpha value is -2.38. The zero-order valence-corrected chi connectivity index (χ0v) is 16.3. The highest BCUT2D eigenvalue weighted by Gasteiger charge is 2.16. The van der Waals surface area contributed by atoms with Crippen LogP contribution in [-0.4, -0.2) is 28.4 Å². The monoisotopic (exact) mass is 403 g/mol. The fourth-order valence-electron chi connectivity index (χ4n) is 2.62. The molecule has 0 saturated carbocycles. The van der Waals surface area contributed by atoms with Crippen LogP contribution in [0.3, 0.4) is 0 Å². The molecule has 140 valence electrons. The van der Waals surface area contributed by atoms with Crippen molar-refractivity contribution in [2.75, 3.05) is 13.2 Å². The summed E-state index contributed by atoms with van der Waals surface area (Å²) in [6.45, 7) is 3.16. The SMILES string of the molecule is Cc1ccc(/C=C/c2nc(SCc3cc(Cl)c4c(c3)OCCCO4)n[nH]2)o1. The number of benzene rings is 1. The number of rotatable bonds is 5. The molecule has 3 heterocycles. The van der Waals surface area contributed by atoms with Gasteiger partial charge in [0.1, 0.15) is 17.3 Å². The lowest BCUT2D eigenvalue weighted by molar-refractivity contribution is 0.297. The van der Waals surface area contributed by atoms with Crippen molar-refractivity contribution in [3.63, 3.8) is 0 Å². The third-order valence-corrected chi connectivity index (χ3v) is 5.08. The molecule has 0 fully saturated rings.